The molecule has 2 aliphatic rings. The first-order valence-corrected chi connectivity index (χ1v) is 8.85. The molecule has 3 nitrogen and oxygen atoms in total. The molecule has 1 N–H and O–H groups in total. The molecule has 0 spiro atoms. The minimum absolute atomic E-state index is 0.160. The highest BCUT2D eigenvalue weighted by molar-refractivity contribution is 5.80. The van der Waals surface area contributed by atoms with Gasteiger partial charge in [-0.05, 0) is 44.2 Å². The molecule has 2 saturated heterocycles. The maximum absolute atomic E-state index is 12.8. The van der Waals surface area contributed by atoms with Crippen molar-refractivity contribution in [3.8, 4) is 0 Å². The van der Waals surface area contributed by atoms with Gasteiger partial charge in [-0.1, -0.05) is 44.2 Å². The Morgan fingerprint density at radius 1 is 1.27 bits per heavy atom. The molecule has 3 heteroatoms. The van der Waals surface area contributed by atoms with Crippen molar-refractivity contribution in [2.75, 3.05) is 6.54 Å². The molecule has 0 bridgehead atoms. The summed E-state index contributed by atoms with van der Waals surface area (Å²) in [7, 11) is 0. The molecule has 0 radical (unpaired) electrons. The van der Waals surface area contributed by atoms with Crippen LogP contribution in [0.2, 0.25) is 0 Å². The number of carbonyl (C=O) groups is 1. The zero-order valence-corrected chi connectivity index (χ0v) is 13.8. The van der Waals surface area contributed by atoms with E-state index in [2.05, 4.69) is 54.4 Å². The number of carbonyl (C=O) groups excluding carboxylic acids is 1. The third kappa shape index (κ3) is 2.91. The van der Waals surface area contributed by atoms with Crippen LogP contribution in [0, 0.1) is 5.92 Å². The molecule has 1 aromatic carbocycles. The van der Waals surface area contributed by atoms with Gasteiger partial charge in [-0.15, -0.1) is 0 Å². The predicted molar refractivity (Wildman–Crippen MR) is 89.5 cm³/mol. The van der Waals surface area contributed by atoms with Gasteiger partial charge in [0.25, 0.3) is 0 Å². The second-order valence-electron chi connectivity index (χ2n) is 6.74. The number of amides is 1. The number of hydrogen-bond acceptors (Lipinski definition) is 2. The van der Waals surface area contributed by atoms with E-state index in [1.807, 2.05) is 0 Å². The first-order valence-electron chi connectivity index (χ1n) is 8.85. The number of rotatable bonds is 5. The predicted octanol–water partition coefficient (Wildman–Crippen LogP) is 3.52. The lowest BCUT2D eigenvalue weighted by molar-refractivity contribution is -0.126. The Bertz CT molecular complexity index is 497. The topological polar surface area (TPSA) is 32.3 Å². The van der Waals surface area contributed by atoms with Gasteiger partial charge in [-0.2, -0.15) is 0 Å². The average Bonchev–Trinajstić information content (AvgIpc) is 3.15. The normalized spacial score (nSPS) is 28.0. The summed E-state index contributed by atoms with van der Waals surface area (Å²) in [5, 5.41) is 3.28. The Morgan fingerprint density at radius 3 is 2.68 bits per heavy atom. The molecular weight excluding hydrogens is 272 g/mol. The highest BCUT2D eigenvalue weighted by Gasteiger charge is 2.47. The minimum atomic E-state index is 0.160. The van der Waals surface area contributed by atoms with Gasteiger partial charge >= 0.3 is 0 Å². The van der Waals surface area contributed by atoms with Gasteiger partial charge in [0.2, 0.25) is 5.91 Å². The van der Waals surface area contributed by atoms with Crippen LogP contribution in [0.25, 0.3) is 0 Å². The van der Waals surface area contributed by atoms with E-state index in [1.165, 1.54) is 18.4 Å². The second kappa shape index (κ2) is 6.82. The maximum Gasteiger partial charge on any atom is 0.224 e. The largest absolute Gasteiger partial charge is 0.353 e. The first-order chi connectivity index (χ1) is 10.7. The Hall–Kier alpha value is -1.35. The van der Waals surface area contributed by atoms with E-state index in [1.54, 1.807) is 0 Å². The van der Waals surface area contributed by atoms with Crippen molar-refractivity contribution in [2.24, 2.45) is 5.92 Å². The Balaban J connectivity index is 1.75. The fraction of sp³-hybridized carbons (Fsp3) is 0.632. The van der Waals surface area contributed by atoms with Crippen molar-refractivity contribution in [2.45, 2.75) is 64.1 Å². The highest BCUT2D eigenvalue weighted by atomic mass is 16.2. The lowest BCUT2D eigenvalue weighted by Gasteiger charge is -2.24. The molecule has 1 amide bonds. The van der Waals surface area contributed by atoms with Crippen LogP contribution in [0.3, 0.4) is 0 Å². The summed E-state index contributed by atoms with van der Waals surface area (Å²) < 4.78 is 0. The van der Waals surface area contributed by atoms with E-state index in [4.69, 9.17) is 0 Å². The zero-order valence-electron chi connectivity index (χ0n) is 13.8. The Kier molecular flexibility index (Phi) is 4.82. The average molecular weight is 300 g/mol. The molecule has 0 saturated carbocycles. The third-order valence-electron chi connectivity index (χ3n) is 5.54. The van der Waals surface area contributed by atoms with Gasteiger partial charge in [0, 0.05) is 18.1 Å². The smallest absolute Gasteiger partial charge is 0.224 e. The van der Waals surface area contributed by atoms with Crippen molar-refractivity contribution in [1.29, 1.82) is 0 Å². The summed E-state index contributed by atoms with van der Waals surface area (Å²) in [6.45, 7) is 5.44. The van der Waals surface area contributed by atoms with E-state index in [-0.39, 0.29) is 11.8 Å². The molecule has 2 heterocycles. The van der Waals surface area contributed by atoms with Crippen LogP contribution in [0.4, 0.5) is 0 Å². The van der Waals surface area contributed by atoms with Gasteiger partial charge in [0.05, 0.1) is 5.92 Å². The number of benzene rings is 1. The molecule has 3 atom stereocenters. The molecule has 22 heavy (non-hydrogen) atoms. The summed E-state index contributed by atoms with van der Waals surface area (Å²) in [6, 6.07) is 11.9. The van der Waals surface area contributed by atoms with Crippen LogP contribution < -0.4 is 5.32 Å². The van der Waals surface area contributed by atoms with Crippen molar-refractivity contribution >= 4 is 5.91 Å². The van der Waals surface area contributed by atoms with Gasteiger partial charge in [0.1, 0.15) is 0 Å². The summed E-state index contributed by atoms with van der Waals surface area (Å²) in [4.78, 5) is 15.3. The first kappa shape index (κ1) is 15.5. The molecule has 120 valence electrons. The number of nitrogens with zero attached hydrogens (tertiary/aromatic N) is 1. The Morgan fingerprint density at radius 2 is 2.00 bits per heavy atom. The van der Waals surface area contributed by atoms with Gasteiger partial charge in [-0.25, -0.2) is 0 Å². The molecule has 3 rings (SSSR count). The highest BCUT2D eigenvalue weighted by Crippen LogP contribution is 2.44. The van der Waals surface area contributed by atoms with Gasteiger partial charge < -0.3 is 5.32 Å². The molecule has 0 aromatic heterocycles. The van der Waals surface area contributed by atoms with E-state index in [9.17, 15) is 4.79 Å². The quantitative estimate of drug-likeness (QED) is 0.902. The lowest BCUT2D eigenvalue weighted by atomic mass is 9.93. The fourth-order valence-corrected chi connectivity index (χ4v) is 4.25. The SMILES string of the molecule is CCC(CC)NC(=O)[C@@H]1C[C@H](c2ccccc2)N2CCC[C@@H]12. The van der Waals surface area contributed by atoms with Crippen LogP contribution in [-0.2, 0) is 4.79 Å². The zero-order chi connectivity index (χ0) is 15.5. The van der Waals surface area contributed by atoms with Crippen molar-refractivity contribution in [3.05, 3.63) is 35.9 Å². The van der Waals surface area contributed by atoms with Crippen LogP contribution in [-0.4, -0.2) is 29.4 Å². The molecular formula is C19H28N2O. The van der Waals surface area contributed by atoms with Crippen molar-refractivity contribution in [1.82, 2.24) is 10.2 Å². The molecule has 1 aromatic rings. The molecule has 0 aliphatic carbocycles. The minimum Gasteiger partial charge on any atom is -0.353 e. The van der Waals surface area contributed by atoms with Crippen LogP contribution in [0.5, 0.6) is 0 Å². The maximum atomic E-state index is 12.8. The van der Waals surface area contributed by atoms with Crippen molar-refractivity contribution in [3.63, 3.8) is 0 Å². The van der Waals surface area contributed by atoms with Crippen molar-refractivity contribution < 1.29 is 4.79 Å². The summed E-state index contributed by atoms with van der Waals surface area (Å²) >= 11 is 0. The van der Waals surface area contributed by atoms with E-state index in [0.29, 0.717) is 18.1 Å². The Labute approximate surface area is 134 Å². The van der Waals surface area contributed by atoms with Crippen LogP contribution >= 0.6 is 0 Å². The van der Waals surface area contributed by atoms with E-state index in [0.717, 1.165) is 25.8 Å². The summed E-state index contributed by atoms with van der Waals surface area (Å²) in [5.41, 5.74) is 1.37. The number of hydrogen-bond donors (Lipinski definition) is 1. The number of fused-ring (bicyclic) bond motifs is 1. The summed E-state index contributed by atoms with van der Waals surface area (Å²) in [6.07, 6.45) is 5.41. The standard InChI is InChI=1S/C19H28N2O/c1-3-15(4-2)20-19(22)16-13-18(14-9-6-5-7-10-14)21-12-8-11-17(16)21/h5-7,9-10,15-18H,3-4,8,11-13H2,1-2H3,(H,20,22)/t16-,17+,18-/m1/s1. The van der Waals surface area contributed by atoms with E-state index >= 15 is 0 Å². The molecule has 2 fully saturated rings. The number of nitrogens with one attached hydrogen (secondary N) is 1. The van der Waals surface area contributed by atoms with Gasteiger partial charge in [-0.3, -0.25) is 9.69 Å². The second-order valence-corrected chi connectivity index (χ2v) is 6.74. The molecule has 0 unspecified atom stereocenters. The van der Waals surface area contributed by atoms with Crippen LogP contribution in [0.1, 0.15) is 57.6 Å². The lowest BCUT2D eigenvalue weighted by Crippen LogP contribution is -2.42. The van der Waals surface area contributed by atoms with Gasteiger partial charge in [0.15, 0.2) is 0 Å². The summed E-state index contributed by atoms with van der Waals surface area (Å²) in [5.74, 6) is 0.442. The fourth-order valence-electron chi connectivity index (χ4n) is 4.25. The third-order valence-corrected chi connectivity index (χ3v) is 5.54. The van der Waals surface area contributed by atoms with Crippen LogP contribution in [0.15, 0.2) is 30.3 Å². The van der Waals surface area contributed by atoms with E-state index < -0.39 is 0 Å². The monoisotopic (exact) mass is 300 g/mol. The molecule has 2 aliphatic heterocycles.